The minimum absolute atomic E-state index is 0.333. The first-order valence-electron chi connectivity index (χ1n) is 3.72. The minimum Gasteiger partial charge on any atom is -0.478 e. The van der Waals surface area contributed by atoms with E-state index in [1.807, 2.05) is 0 Å². The van der Waals surface area contributed by atoms with E-state index in [2.05, 4.69) is 5.73 Å². The number of carbonyl (C=O) groups excluding carboxylic acids is 1. The molecule has 0 aromatic rings. The number of primary amides is 1. The molecule has 68 valence electrons. The normalized spacial score (nSPS) is 14.2. The van der Waals surface area contributed by atoms with Gasteiger partial charge in [0.2, 0.25) is 5.91 Å². The molecule has 0 fully saturated rings. The van der Waals surface area contributed by atoms with Crippen molar-refractivity contribution in [3.8, 4) is 0 Å². The lowest BCUT2D eigenvalue weighted by atomic mass is 10.2. The fourth-order valence-electron chi connectivity index (χ4n) is 0.865. The molecule has 1 aliphatic rings. The molecule has 0 aliphatic heterocycles. The highest BCUT2D eigenvalue weighted by Gasteiger charge is 2.09. The van der Waals surface area contributed by atoms with Crippen molar-refractivity contribution >= 4 is 11.9 Å². The van der Waals surface area contributed by atoms with Gasteiger partial charge in [0.1, 0.15) is 0 Å². The first-order chi connectivity index (χ1) is 5.54. The molecule has 0 spiro atoms. The van der Waals surface area contributed by atoms with Gasteiger partial charge >= 0.3 is 5.97 Å². The van der Waals surface area contributed by atoms with Crippen molar-refractivity contribution in [1.82, 2.24) is 0 Å². The Morgan fingerprint density at radius 2 is 2.08 bits per heavy atom. The molecular weight excluding hydrogens is 158 g/mol. The van der Waals surface area contributed by atoms with Crippen molar-refractivity contribution < 1.29 is 14.7 Å². The molecule has 0 aromatic heterocycles. The number of amides is 1. The van der Waals surface area contributed by atoms with Crippen LogP contribution in [0.25, 0.3) is 0 Å². The zero-order valence-electron chi connectivity index (χ0n) is 7.04. The van der Waals surface area contributed by atoms with E-state index in [0.717, 1.165) is 19.3 Å². The van der Waals surface area contributed by atoms with Crippen molar-refractivity contribution in [2.24, 2.45) is 5.73 Å². The van der Waals surface area contributed by atoms with Crippen LogP contribution in [0.4, 0.5) is 0 Å². The van der Waals surface area contributed by atoms with E-state index in [4.69, 9.17) is 5.11 Å². The van der Waals surface area contributed by atoms with Crippen molar-refractivity contribution in [3.63, 3.8) is 0 Å². The zero-order valence-corrected chi connectivity index (χ0v) is 7.04. The Morgan fingerprint density at radius 1 is 1.58 bits per heavy atom. The Balaban J connectivity index is 0.000000261. The second-order valence-electron chi connectivity index (χ2n) is 2.54. The molecule has 3 N–H and O–H groups in total. The molecule has 1 aliphatic carbocycles. The molecule has 0 saturated heterocycles. The number of rotatable bonds is 1. The smallest absolute Gasteiger partial charge is 0.331 e. The Labute approximate surface area is 71.1 Å². The van der Waals surface area contributed by atoms with Crippen molar-refractivity contribution in [1.29, 1.82) is 0 Å². The molecule has 4 nitrogen and oxygen atoms in total. The van der Waals surface area contributed by atoms with E-state index in [1.165, 1.54) is 6.92 Å². The van der Waals surface area contributed by atoms with E-state index in [0.29, 0.717) is 5.57 Å². The van der Waals surface area contributed by atoms with Gasteiger partial charge in [-0.2, -0.15) is 0 Å². The average molecular weight is 171 g/mol. The number of aliphatic carboxylic acids is 1. The number of carbonyl (C=O) groups is 2. The summed E-state index contributed by atoms with van der Waals surface area (Å²) in [6, 6.07) is 0. The quantitative estimate of drug-likeness (QED) is 0.608. The Bertz CT molecular complexity index is 204. The molecule has 0 saturated carbocycles. The van der Waals surface area contributed by atoms with Gasteiger partial charge in [0.15, 0.2) is 0 Å². The predicted octanol–water partition coefficient (Wildman–Crippen LogP) is 0.673. The molecule has 0 unspecified atom stereocenters. The van der Waals surface area contributed by atoms with Crippen LogP contribution < -0.4 is 5.73 Å². The van der Waals surface area contributed by atoms with Gasteiger partial charge in [0, 0.05) is 12.5 Å². The molecule has 1 rings (SSSR count). The largest absolute Gasteiger partial charge is 0.478 e. The standard InChI is InChI=1S/C6H8O2.C2H5NO/c7-6(8)5-3-1-2-4-5;1-2(3)4/h3H,1-2,4H2,(H,7,8);1H3,(H2,3,4). The van der Waals surface area contributed by atoms with E-state index < -0.39 is 5.97 Å². The summed E-state index contributed by atoms with van der Waals surface area (Å²) in [5, 5.41) is 8.34. The lowest BCUT2D eigenvalue weighted by Gasteiger charge is -1.87. The van der Waals surface area contributed by atoms with E-state index >= 15 is 0 Å². The van der Waals surface area contributed by atoms with E-state index in [9.17, 15) is 9.59 Å². The highest BCUT2D eigenvalue weighted by Crippen LogP contribution is 2.16. The van der Waals surface area contributed by atoms with Crippen LogP contribution in [-0.4, -0.2) is 17.0 Å². The SMILES string of the molecule is CC(N)=O.O=C(O)C1=CCCC1. The number of carboxylic acids is 1. The molecule has 1 amide bonds. The van der Waals surface area contributed by atoms with Gasteiger partial charge in [0.05, 0.1) is 0 Å². The summed E-state index contributed by atoms with van der Waals surface area (Å²) in [6.07, 6.45) is 4.51. The number of hydrogen-bond acceptors (Lipinski definition) is 2. The summed E-state index contributed by atoms with van der Waals surface area (Å²) >= 11 is 0. The number of hydrogen-bond donors (Lipinski definition) is 2. The fraction of sp³-hybridized carbons (Fsp3) is 0.500. The maximum Gasteiger partial charge on any atom is 0.331 e. The third kappa shape index (κ3) is 5.46. The van der Waals surface area contributed by atoms with Crippen LogP contribution in [0.2, 0.25) is 0 Å². The maximum atomic E-state index is 10.1. The molecule has 4 heteroatoms. The van der Waals surface area contributed by atoms with Gasteiger partial charge in [-0.1, -0.05) is 6.08 Å². The minimum atomic E-state index is -0.748. The summed E-state index contributed by atoms with van der Waals surface area (Å²) in [6.45, 7) is 1.31. The lowest BCUT2D eigenvalue weighted by Crippen LogP contribution is -2.01. The third-order valence-corrected chi connectivity index (χ3v) is 1.32. The Kier molecular flexibility index (Phi) is 4.76. The van der Waals surface area contributed by atoms with Crippen LogP contribution in [0.15, 0.2) is 11.6 Å². The van der Waals surface area contributed by atoms with Gasteiger partial charge < -0.3 is 10.8 Å². The Hall–Kier alpha value is -1.32. The fourth-order valence-corrected chi connectivity index (χ4v) is 0.865. The predicted molar refractivity (Wildman–Crippen MR) is 44.4 cm³/mol. The molecule has 0 atom stereocenters. The summed E-state index contributed by atoms with van der Waals surface area (Å²) in [5.74, 6) is -1.08. The summed E-state index contributed by atoms with van der Waals surface area (Å²) < 4.78 is 0. The zero-order chi connectivity index (χ0) is 9.56. The second-order valence-corrected chi connectivity index (χ2v) is 2.54. The highest BCUT2D eigenvalue weighted by molar-refractivity contribution is 5.86. The van der Waals surface area contributed by atoms with Crippen LogP contribution in [0, 0.1) is 0 Å². The monoisotopic (exact) mass is 171 g/mol. The number of carboxylic acid groups (broad SMARTS) is 1. The van der Waals surface area contributed by atoms with Gasteiger partial charge in [-0.25, -0.2) is 4.79 Å². The highest BCUT2D eigenvalue weighted by atomic mass is 16.4. The van der Waals surface area contributed by atoms with E-state index in [-0.39, 0.29) is 5.91 Å². The number of nitrogens with two attached hydrogens (primary N) is 1. The van der Waals surface area contributed by atoms with Gasteiger partial charge in [0.25, 0.3) is 0 Å². The van der Waals surface area contributed by atoms with Crippen LogP contribution in [-0.2, 0) is 9.59 Å². The molecule has 0 bridgehead atoms. The van der Waals surface area contributed by atoms with E-state index in [1.54, 1.807) is 6.08 Å². The van der Waals surface area contributed by atoms with Crippen molar-refractivity contribution in [2.45, 2.75) is 26.2 Å². The second kappa shape index (κ2) is 5.35. The van der Waals surface area contributed by atoms with Gasteiger partial charge in [-0.15, -0.1) is 0 Å². The third-order valence-electron chi connectivity index (χ3n) is 1.32. The molecule has 0 radical (unpaired) electrons. The van der Waals surface area contributed by atoms with Gasteiger partial charge in [-0.3, -0.25) is 4.79 Å². The molecule has 0 aromatic carbocycles. The van der Waals surface area contributed by atoms with Crippen molar-refractivity contribution in [2.75, 3.05) is 0 Å². The molecule has 0 heterocycles. The summed E-state index contributed by atoms with van der Waals surface area (Å²) in [4.78, 5) is 19.4. The molecular formula is C8H13NO3. The van der Waals surface area contributed by atoms with Crippen LogP contribution in [0.1, 0.15) is 26.2 Å². The lowest BCUT2D eigenvalue weighted by molar-refractivity contribution is -0.132. The topological polar surface area (TPSA) is 80.4 Å². The average Bonchev–Trinajstić information content (AvgIpc) is 2.34. The molecule has 12 heavy (non-hydrogen) atoms. The summed E-state index contributed by atoms with van der Waals surface area (Å²) in [7, 11) is 0. The maximum absolute atomic E-state index is 10.1. The number of allylic oxidation sites excluding steroid dienone is 1. The first-order valence-corrected chi connectivity index (χ1v) is 3.72. The Morgan fingerprint density at radius 3 is 2.25 bits per heavy atom. The van der Waals surface area contributed by atoms with Crippen molar-refractivity contribution in [3.05, 3.63) is 11.6 Å². The first kappa shape index (κ1) is 10.7. The van der Waals surface area contributed by atoms with Crippen LogP contribution in [0.5, 0.6) is 0 Å². The van der Waals surface area contributed by atoms with Crippen LogP contribution in [0.3, 0.4) is 0 Å². The van der Waals surface area contributed by atoms with Gasteiger partial charge in [-0.05, 0) is 19.3 Å². The summed E-state index contributed by atoms with van der Waals surface area (Å²) in [5.41, 5.74) is 5.06. The van der Waals surface area contributed by atoms with Crippen LogP contribution >= 0.6 is 0 Å².